The lowest BCUT2D eigenvalue weighted by molar-refractivity contribution is -0.121. The van der Waals surface area contributed by atoms with Crippen molar-refractivity contribution in [1.82, 2.24) is 16.0 Å². The summed E-state index contributed by atoms with van der Waals surface area (Å²) in [6.45, 7) is 7.85. The van der Waals surface area contributed by atoms with Crippen LogP contribution in [-0.4, -0.2) is 50.9 Å². The van der Waals surface area contributed by atoms with E-state index in [2.05, 4.69) is 53.0 Å². The number of carbonyl (C=O) groups is 1. The first kappa shape index (κ1) is 21.2. The maximum Gasteiger partial charge on any atom is 0.222 e. The molecule has 0 radical (unpaired) electrons. The number of aryl methyl sites for hydroxylation is 2. The van der Waals surface area contributed by atoms with Gasteiger partial charge in [0.25, 0.3) is 0 Å². The fraction of sp³-hybridized carbons (Fsp3) is 0.579. The molecule has 1 unspecified atom stereocenters. The van der Waals surface area contributed by atoms with E-state index in [-0.39, 0.29) is 29.9 Å². The zero-order valence-electron chi connectivity index (χ0n) is 16.3. The second kappa shape index (κ2) is 9.73. The first-order valence-corrected chi connectivity index (χ1v) is 11.2. The molecule has 1 saturated heterocycles. The Bertz CT molecular complexity index is 790. The van der Waals surface area contributed by atoms with Crippen molar-refractivity contribution in [2.75, 3.05) is 24.6 Å². The zero-order valence-corrected chi connectivity index (χ0v) is 17.2. The van der Waals surface area contributed by atoms with Gasteiger partial charge in [-0.3, -0.25) is 4.79 Å². The topological polar surface area (TPSA) is 99.7 Å². The van der Waals surface area contributed by atoms with Crippen molar-refractivity contribution in [3.05, 3.63) is 34.9 Å². The first-order chi connectivity index (χ1) is 12.8. The Labute approximate surface area is 162 Å². The van der Waals surface area contributed by atoms with Crippen LogP contribution in [0.5, 0.6) is 0 Å². The summed E-state index contributed by atoms with van der Waals surface area (Å²) in [6, 6.07) is 6.04. The van der Waals surface area contributed by atoms with Gasteiger partial charge in [-0.1, -0.05) is 23.8 Å². The van der Waals surface area contributed by atoms with Gasteiger partial charge in [-0.15, -0.1) is 0 Å². The number of carbonyl (C=O) groups excluding carboxylic acids is 1. The molecule has 1 heterocycles. The molecule has 1 amide bonds. The van der Waals surface area contributed by atoms with Crippen LogP contribution in [0, 0.1) is 13.8 Å². The molecule has 1 aliphatic heterocycles. The van der Waals surface area contributed by atoms with Gasteiger partial charge in [0.15, 0.2) is 15.8 Å². The van der Waals surface area contributed by atoms with Crippen molar-refractivity contribution >= 4 is 21.7 Å². The lowest BCUT2D eigenvalue weighted by atomic mass is 10.1. The smallest absolute Gasteiger partial charge is 0.222 e. The number of benzene rings is 1. The van der Waals surface area contributed by atoms with Crippen LogP contribution in [0.25, 0.3) is 0 Å². The molecule has 0 aliphatic carbocycles. The van der Waals surface area contributed by atoms with Crippen LogP contribution < -0.4 is 16.0 Å². The van der Waals surface area contributed by atoms with Crippen molar-refractivity contribution in [2.24, 2.45) is 4.99 Å². The minimum atomic E-state index is -2.98. The van der Waals surface area contributed by atoms with Gasteiger partial charge in [-0.05, 0) is 38.3 Å². The van der Waals surface area contributed by atoms with Crippen LogP contribution >= 0.6 is 0 Å². The Morgan fingerprint density at radius 2 is 2.04 bits per heavy atom. The number of rotatable bonds is 7. The monoisotopic (exact) mass is 394 g/mol. The van der Waals surface area contributed by atoms with Crippen LogP contribution in [-0.2, 0) is 21.2 Å². The lowest BCUT2D eigenvalue weighted by Crippen LogP contribution is -2.41. The molecule has 0 spiro atoms. The molecule has 1 aliphatic rings. The lowest BCUT2D eigenvalue weighted by Gasteiger charge is -2.13. The van der Waals surface area contributed by atoms with Crippen molar-refractivity contribution in [2.45, 2.75) is 46.2 Å². The minimum absolute atomic E-state index is 0.0478. The molecule has 0 saturated carbocycles. The summed E-state index contributed by atoms with van der Waals surface area (Å²) in [7, 11) is -2.98. The van der Waals surface area contributed by atoms with Crippen LogP contribution in [0.15, 0.2) is 23.2 Å². The molecule has 0 bridgehead atoms. The summed E-state index contributed by atoms with van der Waals surface area (Å²) in [5, 5.41) is 9.12. The largest absolute Gasteiger partial charge is 0.357 e. The summed E-state index contributed by atoms with van der Waals surface area (Å²) < 4.78 is 22.9. The molecule has 0 aromatic heterocycles. The van der Waals surface area contributed by atoms with Crippen LogP contribution in [0.4, 0.5) is 0 Å². The van der Waals surface area contributed by atoms with Crippen LogP contribution in [0.2, 0.25) is 0 Å². The summed E-state index contributed by atoms with van der Waals surface area (Å²) in [4.78, 5) is 16.6. The SMILES string of the molecule is CCNC(=NCc1ccc(C)cc1C)NCCC(=O)NC1CCS(=O)(=O)C1. The molecule has 150 valence electrons. The highest BCUT2D eigenvalue weighted by Crippen LogP contribution is 2.12. The third-order valence-electron chi connectivity index (χ3n) is 4.49. The van der Waals surface area contributed by atoms with Gasteiger partial charge in [-0.25, -0.2) is 13.4 Å². The van der Waals surface area contributed by atoms with E-state index in [1.165, 1.54) is 11.1 Å². The van der Waals surface area contributed by atoms with Gasteiger partial charge in [0, 0.05) is 25.6 Å². The van der Waals surface area contributed by atoms with Gasteiger partial charge < -0.3 is 16.0 Å². The molecular weight excluding hydrogens is 364 g/mol. The molecule has 1 aromatic rings. The summed E-state index contributed by atoms with van der Waals surface area (Å²) in [5.41, 5.74) is 3.60. The fourth-order valence-corrected chi connectivity index (χ4v) is 4.71. The Morgan fingerprint density at radius 3 is 2.67 bits per heavy atom. The number of amides is 1. The van der Waals surface area contributed by atoms with E-state index < -0.39 is 9.84 Å². The van der Waals surface area contributed by atoms with Crippen LogP contribution in [0.1, 0.15) is 36.5 Å². The van der Waals surface area contributed by atoms with E-state index in [4.69, 9.17) is 0 Å². The zero-order chi connectivity index (χ0) is 19.9. The average molecular weight is 395 g/mol. The van der Waals surface area contributed by atoms with Crippen molar-refractivity contribution in [1.29, 1.82) is 0 Å². The maximum absolute atomic E-state index is 12.0. The Balaban J connectivity index is 1.80. The Hall–Kier alpha value is -2.09. The van der Waals surface area contributed by atoms with Gasteiger partial charge in [0.2, 0.25) is 5.91 Å². The summed E-state index contributed by atoms with van der Waals surface area (Å²) >= 11 is 0. The second-order valence-electron chi connectivity index (χ2n) is 6.97. The molecule has 8 heteroatoms. The Morgan fingerprint density at radius 1 is 1.26 bits per heavy atom. The Kier molecular flexibility index (Phi) is 7.65. The van der Waals surface area contributed by atoms with Crippen molar-refractivity contribution in [3.63, 3.8) is 0 Å². The normalized spacial score (nSPS) is 18.9. The van der Waals surface area contributed by atoms with E-state index in [0.29, 0.717) is 25.5 Å². The third kappa shape index (κ3) is 7.21. The highest BCUT2D eigenvalue weighted by atomic mass is 32.2. The van der Waals surface area contributed by atoms with Gasteiger partial charge in [-0.2, -0.15) is 0 Å². The van der Waals surface area contributed by atoms with E-state index in [1.54, 1.807) is 0 Å². The van der Waals surface area contributed by atoms with E-state index in [1.807, 2.05) is 6.92 Å². The van der Waals surface area contributed by atoms with E-state index in [0.717, 1.165) is 12.1 Å². The molecule has 1 aromatic carbocycles. The number of sulfone groups is 1. The number of hydrogen-bond donors (Lipinski definition) is 3. The molecule has 3 N–H and O–H groups in total. The average Bonchev–Trinajstić information content (AvgIpc) is 2.92. The van der Waals surface area contributed by atoms with Gasteiger partial charge >= 0.3 is 0 Å². The van der Waals surface area contributed by atoms with E-state index >= 15 is 0 Å². The second-order valence-corrected chi connectivity index (χ2v) is 9.20. The molecule has 7 nitrogen and oxygen atoms in total. The first-order valence-electron chi connectivity index (χ1n) is 9.37. The van der Waals surface area contributed by atoms with Crippen LogP contribution in [0.3, 0.4) is 0 Å². The molecule has 1 atom stereocenters. The number of nitrogens with zero attached hydrogens (tertiary/aromatic N) is 1. The van der Waals surface area contributed by atoms with Gasteiger partial charge in [0.05, 0.1) is 18.1 Å². The quantitative estimate of drug-likeness (QED) is 0.474. The highest BCUT2D eigenvalue weighted by molar-refractivity contribution is 7.91. The number of hydrogen-bond acceptors (Lipinski definition) is 4. The molecular formula is C19H30N4O3S. The highest BCUT2D eigenvalue weighted by Gasteiger charge is 2.28. The molecule has 27 heavy (non-hydrogen) atoms. The third-order valence-corrected chi connectivity index (χ3v) is 6.26. The fourth-order valence-electron chi connectivity index (χ4n) is 3.03. The van der Waals surface area contributed by atoms with Crippen molar-refractivity contribution < 1.29 is 13.2 Å². The number of aliphatic imine (C=N–C) groups is 1. The van der Waals surface area contributed by atoms with Gasteiger partial charge in [0.1, 0.15) is 0 Å². The summed E-state index contributed by atoms with van der Waals surface area (Å²) in [5.74, 6) is 0.724. The number of nitrogens with one attached hydrogen (secondary N) is 3. The summed E-state index contributed by atoms with van der Waals surface area (Å²) in [6.07, 6.45) is 0.770. The standard InChI is InChI=1S/C19H30N4O3S/c1-4-20-19(22-12-16-6-5-14(2)11-15(16)3)21-9-7-18(24)23-17-8-10-27(25,26)13-17/h5-6,11,17H,4,7-10,12-13H2,1-3H3,(H,23,24)(H2,20,21,22). The molecule has 1 fully saturated rings. The minimum Gasteiger partial charge on any atom is -0.357 e. The predicted octanol–water partition coefficient (Wildman–Crippen LogP) is 1.05. The number of guanidine groups is 1. The van der Waals surface area contributed by atoms with E-state index in [9.17, 15) is 13.2 Å². The molecule has 2 rings (SSSR count). The maximum atomic E-state index is 12.0. The predicted molar refractivity (Wildman–Crippen MR) is 109 cm³/mol. The van der Waals surface area contributed by atoms with Crippen molar-refractivity contribution in [3.8, 4) is 0 Å².